The maximum absolute atomic E-state index is 12.6. The fourth-order valence-electron chi connectivity index (χ4n) is 3.33. The SMILES string of the molecule is CCOc1ccc(N2CC(NC(=O)c3ccc(C(C)(C)C)cc3)CC2=O)cc1. The summed E-state index contributed by atoms with van der Waals surface area (Å²) >= 11 is 0. The second-order valence-electron chi connectivity index (χ2n) is 8.13. The van der Waals surface area contributed by atoms with E-state index in [1.165, 1.54) is 5.56 Å². The van der Waals surface area contributed by atoms with Crippen molar-refractivity contribution in [3.05, 3.63) is 59.7 Å². The van der Waals surface area contributed by atoms with Gasteiger partial charge in [-0.3, -0.25) is 9.59 Å². The van der Waals surface area contributed by atoms with Gasteiger partial charge in [0.25, 0.3) is 5.91 Å². The van der Waals surface area contributed by atoms with Crippen molar-refractivity contribution in [2.45, 2.75) is 45.6 Å². The molecular formula is C23H28N2O3. The fourth-order valence-corrected chi connectivity index (χ4v) is 3.33. The lowest BCUT2D eigenvalue weighted by molar-refractivity contribution is -0.117. The van der Waals surface area contributed by atoms with Crippen LogP contribution in [0.5, 0.6) is 5.75 Å². The largest absolute Gasteiger partial charge is 0.494 e. The summed E-state index contributed by atoms with van der Waals surface area (Å²) in [4.78, 5) is 26.7. The lowest BCUT2D eigenvalue weighted by Gasteiger charge is -2.19. The third kappa shape index (κ3) is 4.53. The van der Waals surface area contributed by atoms with Gasteiger partial charge in [-0.05, 0) is 54.3 Å². The number of amides is 2. The molecule has 1 atom stereocenters. The van der Waals surface area contributed by atoms with Crippen molar-refractivity contribution in [3.8, 4) is 5.75 Å². The minimum absolute atomic E-state index is 0.0116. The predicted octanol–water partition coefficient (Wildman–Crippen LogP) is 3.92. The quantitative estimate of drug-likeness (QED) is 0.855. The highest BCUT2D eigenvalue weighted by Crippen LogP contribution is 2.25. The van der Waals surface area contributed by atoms with Crippen LogP contribution in [0.3, 0.4) is 0 Å². The lowest BCUT2D eigenvalue weighted by atomic mass is 9.86. The van der Waals surface area contributed by atoms with E-state index >= 15 is 0 Å². The van der Waals surface area contributed by atoms with Crippen LogP contribution in [0.4, 0.5) is 5.69 Å². The summed E-state index contributed by atoms with van der Waals surface area (Å²) in [6.45, 7) is 9.43. The molecule has 0 radical (unpaired) electrons. The van der Waals surface area contributed by atoms with Crippen LogP contribution in [0, 0.1) is 0 Å². The van der Waals surface area contributed by atoms with Crippen LogP contribution in [0.1, 0.15) is 50.0 Å². The Kier molecular flexibility index (Phi) is 5.73. The molecule has 1 N–H and O–H groups in total. The van der Waals surface area contributed by atoms with Gasteiger partial charge in [0.15, 0.2) is 0 Å². The maximum Gasteiger partial charge on any atom is 0.251 e. The summed E-state index contributed by atoms with van der Waals surface area (Å²) in [5.74, 6) is 0.644. The maximum atomic E-state index is 12.6. The monoisotopic (exact) mass is 380 g/mol. The van der Waals surface area contributed by atoms with Crippen LogP contribution in [0.2, 0.25) is 0 Å². The summed E-state index contributed by atoms with van der Waals surface area (Å²) in [6, 6.07) is 14.9. The Balaban J connectivity index is 1.62. The zero-order valence-corrected chi connectivity index (χ0v) is 17.0. The molecule has 1 heterocycles. The Bertz CT molecular complexity index is 836. The molecule has 0 saturated carbocycles. The van der Waals surface area contributed by atoms with Crippen LogP contribution >= 0.6 is 0 Å². The number of hydrogen-bond acceptors (Lipinski definition) is 3. The van der Waals surface area contributed by atoms with Crippen LogP contribution < -0.4 is 15.0 Å². The van der Waals surface area contributed by atoms with Crippen molar-refractivity contribution in [1.82, 2.24) is 5.32 Å². The van der Waals surface area contributed by atoms with Crippen molar-refractivity contribution >= 4 is 17.5 Å². The molecule has 1 fully saturated rings. The number of nitrogens with zero attached hydrogens (tertiary/aromatic N) is 1. The third-order valence-corrected chi connectivity index (χ3v) is 4.93. The van der Waals surface area contributed by atoms with Gasteiger partial charge < -0.3 is 15.0 Å². The smallest absolute Gasteiger partial charge is 0.251 e. The number of rotatable bonds is 5. The van der Waals surface area contributed by atoms with Gasteiger partial charge in [-0.15, -0.1) is 0 Å². The van der Waals surface area contributed by atoms with Crippen molar-refractivity contribution in [2.24, 2.45) is 0 Å². The highest BCUT2D eigenvalue weighted by atomic mass is 16.5. The van der Waals surface area contributed by atoms with Crippen LogP contribution in [-0.2, 0) is 10.2 Å². The standard InChI is InChI=1S/C23H28N2O3/c1-5-28-20-12-10-19(11-13-20)25-15-18(14-21(25)26)24-22(27)16-6-8-17(9-7-16)23(2,3)4/h6-13,18H,5,14-15H2,1-4H3,(H,24,27). The van der Waals surface area contributed by atoms with Crippen molar-refractivity contribution in [3.63, 3.8) is 0 Å². The first kappa shape index (κ1) is 19.9. The number of benzene rings is 2. The molecule has 148 valence electrons. The summed E-state index contributed by atoms with van der Waals surface area (Å²) in [5.41, 5.74) is 2.66. The van der Waals surface area contributed by atoms with Crippen molar-refractivity contribution in [2.75, 3.05) is 18.1 Å². The third-order valence-electron chi connectivity index (χ3n) is 4.93. The summed E-state index contributed by atoms with van der Waals surface area (Å²) < 4.78 is 5.44. The zero-order chi connectivity index (χ0) is 20.3. The number of carbonyl (C=O) groups excluding carboxylic acids is 2. The molecule has 2 aromatic carbocycles. The number of carbonyl (C=O) groups is 2. The second kappa shape index (κ2) is 8.05. The van der Waals surface area contributed by atoms with E-state index in [2.05, 4.69) is 26.1 Å². The molecule has 0 aliphatic carbocycles. The Labute approximate surface area is 166 Å². The molecule has 28 heavy (non-hydrogen) atoms. The number of hydrogen-bond donors (Lipinski definition) is 1. The van der Waals surface area contributed by atoms with E-state index in [-0.39, 0.29) is 23.3 Å². The van der Waals surface area contributed by atoms with Gasteiger partial charge in [-0.2, -0.15) is 0 Å². The number of anilines is 1. The average molecular weight is 380 g/mol. The average Bonchev–Trinajstić information content (AvgIpc) is 3.02. The minimum Gasteiger partial charge on any atom is -0.494 e. The van der Waals surface area contributed by atoms with Gasteiger partial charge in [-0.25, -0.2) is 0 Å². The Morgan fingerprint density at radius 2 is 1.75 bits per heavy atom. The lowest BCUT2D eigenvalue weighted by Crippen LogP contribution is -2.37. The summed E-state index contributed by atoms with van der Waals surface area (Å²) in [7, 11) is 0. The topological polar surface area (TPSA) is 58.6 Å². The first-order valence-electron chi connectivity index (χ1n) is 9.72. The normalized spacial score (nSPS) is 16.9. The van der Waals surface area contributed by atoms with E-state index in [1.807, 2.05) is 55.5 Å². The van der Waals surface area contributed by atoms with E-state index in [0.29, 0.717) is 25.1 Å². The van der Waals surface area contributed by atoms with E-state index in [9.17, 15) is 9.59 Å². The number of ether oxygens (including phenoxy) is 1. The van der Waals surface area contributed by atoms with E-state index < -0.39 is 0 Å². The van der Waals surface area contributed by atoms with Gasteiger partial charge in [-0.1, -0.05) is 32.9 Å². The predicted molar refractivity (Wildman–Crippen MR) is 111 cm³/mol. The van der Waals surface area contributed by atoms with Crippen LogP contribution in [-0.4, -0.2) is 31.0 Å². The molecule has 5 heteroatoms. The molecule has 0 spiro atoms. The van der Waals surface area contributed by atoms with Crippen LogP contribution in [0.15, 0.2) is 48.5 Å². The minimum atomic E-state index is -0.200. The molecule has 1 saturated heterocycles. The number of nitrogens with one attached hydrogen (secondary N) is 1. The van der Waals surface area contributed by atoms with Gasteiger partial charge >= 0.3 is 0 Å². The van der Waals surface area contributed by atoms with E-state index in [0.717, 1.165) is 11.4 Å². The molecule has 5 nitrogen and oxygen atoms in total. The molecule has 1 aliphatic heterocycles. The summed E-state index contributed by atoms with van der Waals surface area (Å²) in [5, 5.41) is 2.99. The zero-order valence-electron chi connectivity index (χ0n) is 17.0. The molecule has 1 aliphatic rings. The Morgan fingerprint density at radius 1 is 1.11 bits per heavy atom. The highest BCUT2D eigenvalue weighted by Gasteiger charge is 2.31. The molecule has 2 aromatic rings. The second-order valence-corrected chi connectivity index (χ2v) is 8.13. The first-order valence-corrected chi connectivity index (χ1v) is 9.72. The van der Waals surface area contributed by atoms with Gasteiger partial charge in [0.2, 0.25) is 5.91 Å². The summed E-state index contributed by atoms with van der Waals surface area (Å²) in [6.07, 6.45) is 0.305. The Hall–Kier alpha value is -2.82. The van der Waals surface area contributed by atoms with Crippen molar-refractivity contribution in [1.29, 1.82) is 0 Å². The van der Waals surface area contributed by atoms with E-state index in [1.54, 1.807) is 4.90 Å². The molecule has 0 aromatic heterocycles. The van der Waals surface area contributed by atoms with Crippen molar-refractivity contribution < 1.29 is 14.3 Å². The molecule has 0 bridgehead atoms. The van der Waals surface area contributed by atoms with Crippen LogP contribution in [0.25, 0.3) is 0 Å². The molecular weight excluding hydrogens is 352 g/mol. The molecule has 1 unspecified atom stereocenters. The highest BCUT2D eigenvalue weighted by molar-refractivity contribution is 5.99. The first-order chi connectivity index (χ1) is 13.3. The van der Waals surface area contributed by atoms with Gasteiger partial charge in [0, 0.05) is 24.2 Å². The van der Waals surface area contributed by atoms with E-state index in [4.69, 9.17) is 4.74 Å². The van der Waals surface area contributed by atoms with Gasteiger partial charge in [0.05, 0.1) is 12.6 Å². The molecule has 3 rings (SSSR count). The molecule has 2 amide bonds. The Morgan fingerprint density at radius 3 is 2.32 bits per heavy atom. The van der Waals surface area contributed by atoms with Gasteiger partial charge in [0.1, 0.15) is 5.75 Å². The fraction of sp³-hybridized carbons (Fsp3) is 0.391.